The molecule has 166 valence electrons. The molecule has 2 N–H and O–H groups in total. The summed E-state index contributed by atoms with van der Waals surface area (Å²) in [5, 5.41) is 6.29. The number of anilines is 3. The van der Waals surface area contributed by atoms with Crippen molar-refractivity contribution in [2.75, 3.05) is 37.4 Å². The smallest absolute Gasteiger partial charge is 0.238 e. The number of rotatable bonds is 7. The number of likely N-dealkylation sites (tertiary alicyclic amines) is 1. The molecular weight excluding hydrogens is 402 g/mol. The van der Waals surface area contributed by atoms with Gasteiger partial charge in [0.25, 0.3) is 0 Å². The number of carbonyl (C=O) groups is 1. The number of methoxy groups -OCH3 is 1. The maximum Gasteiger partial charge on any atom is 0.238 e. The van der Waals surface area contributed by atoms with E-state index >= 15 is 0 Å². The van der Waals surface area contributed by atoms with Crippen LogP contribution in [0.2, 0.25) is 0 Å². The van der Waals surface area contributed by atoms with E-state index in [2.05, 4.69) is 26.6 Å². The monoisotopic (exact) mass is 431 g/mol. The van der Waals surface area contributed by atoms with Crippen molar-refractivity contribution in [2.45, 2.75) is 25.7 Å². The van der Waals surface area contributed by atoms with Crippen LogP contribution in [0.4, 0.5) is 17.3 Å². The van der Waals surface area contributed by atoms with Crippen LogP contribution in [-0.4, -0.2) is 47.5 Å². The Labute approximate surface area is 188 Å². The molecule has 1 amide bonds. The standard InChI is InChI=1S/C25H29N5O2/c1-18-6-4-14-26-25(18)29-23-9-3-8-22(28-23)19-7-5-15-30(16-19)17-24(31)27-20-10-12-21(32-2)13-11-20/h3-4,6,8-14,19H,5,7,15-17H2,1-2H3,(H,27,31)(H,26,28,29)/t19-/m0/s1. The van der Waals surface area contributed by atoms with Crippen molar-refractivity contribution in [2.24, 2.45) is 0 Å². The van der Waals surface area contributed by atoms with Crippen molar-refractivity contribution in [3.8, 4) is 5.75 Å². The lowest BCUT2D eigenvalue weighted by Crippen LogP contribution is -2.40. The highest BCUT2D eigenvalue weighted by atomic mass is 16.5. The number of hydrogen-bond acceptors (Lipinski definition) is 6. The summed E-state index contributed by atoms with van der Waals surface area (Å²) in [6.07, 6.45) is 3.88. The SMILES string of the molecule is COc1ccc(NC(=O)CN2CCC[C@H](c3cccc(Nc4ncccc4C)n3)C2)cc1. The minimum absolute atomic E-state index is 0.00943. The lowest BCUT2D eigenvalue weighted by molar-refractivity contribution is -0.117. The van der Waals surface area contributed by atoms with E-state index in [1.54, 1.807) is 13.3 Å². The van der Waals surface area contributed by atoms with E-state index < -0.39 is 0 Å². The topological polar surface area (TPSA) is 79.4 Å². The first kappa shape index (κ1) is 21.8. The zero-order chi connectivity index (χ0) is 22.3. The summed E-state index contributed by atoms with van der Waals surface area (Å²) in [6.45, 7) is 4.12. The summed E-state index contributed by atoms with van der Waals surface area (Å²) in [5.41, 5.74) is 2.89. The molecular formula is C25H29N5O2. The quantitative estimate of drug-likeness (QED) is 0.579. The van der Waals surface area contributed by atoms with Crippen LogP contribution in [0.15, 0.2) is 60.8 Å². The zero-order valence-corrected chi connectivity index (χ0v) is 18.5. The predicted octanol–water partition coefficient (Wildman–Crippen LogP) is 4.36. The van der Waals surface area contributed by atoms with Gasteiger partial charge in [0, 0.05) is 30.0 Å². The molecule has 1 saturated heterocycles. The number of nitrogens with one attached hydrogen (secondary N) is 2. The zero-order valence-electron chi connectivity index (χ0n) is 18.5. The van der Waals surface area contributed by atoms with E-state index in [4.69, 9.17) is 9.72 Å². The van der Waals surface area contributed by atoms with E-state index in [1.165, 1.54) is 0 Å². The fourth-order valence-electron chi connectivity index (χ4n) is 4.00. The van der Waals surface area contributed by atoms with Gasteiger partial charge in [0.1, 0.15) is 17.4 Å². The largest absolute Gasteiger partial charge is 0.497 e. The van der Waals surface area contributed by atoms with E-state index in [-0.39, 0.29) is 5.91 Å². The highest BCUT2D eigenvalue weighted by Crippen LogP contribution is 2.27. The van der Waals surface area contributed by atoms with Crippen molar-refractivity contribution >= 4 is 23.2 Å². The van der Waals surface area contributed by atoms with Crippen LogP contribution in [-0.2, 0) is 4.79 Å². The van der Waals surface area contributed by atoms with E-state index in [9.17, 15) is 4.79 Å². The molecule has 1 fully saturated rings. The predicted molar refractivity (Wildman–Crippen MR) is 127 cm³/mol. The molecule has 0 aliphatic carbocycles. The first-order valence-electron chi connectivity index (χ1n) is 10.9. The Morgan fingerprint density at radius 3 is 2.78 bits per heavy atom. The number of carbonyl (C=O) groups excluding carboxylic acids is 1. The molecule has 4 rings (SSSR count). The van der Waals surface area contributed by atoms with Crippen molar-refractivity contribution < 1.29 is 9.53 Å². The minimum atomic E-state index is -0.00943. The van der Waals surface area contributed by atoms with Gasteiger partial charge in [0.05, 0.1) is 13.7 Å². The second-order valence-corrected chi connectivity index (χ2v) is 8.09. The number of nitrogens with zero attached hydrogens (tertiary/aromatic N) is 3. The first-order chi connectivity index (χ1) is 15.6. The fraction of sp³-hybridized carbons (Fsp3) is 0.320. The van der Waals surface area contributed by atoms with Gasteiger partial charge in [-0.1, -0.05) is 12.1 Å². The third-order valence-electron chi connectivity index (χ3n) is 5.69. The first-order valence-corrected chi connectivity index (χ1v) is 10.9. The van der Waals surface area contributed by atoms with Crippen molar-refractivity contribution in [3.63, 3.8) is 0 Å². The summed E-state index contributed by atoms with van der Waals surface area (Å²) in [7, 11) is 1.63. The van der Waals surface area contributed by atoms with Crippen molar-refractivity contribution in [1.29, 1.82) is 0 Å². The Morgan fingerprint density at radius 1 is 1.16 bits per heavy atom. The van der Waals surface area contributed by atoms with E-state index in [1.807, 2.05) is 55.5 Å². The maximum absolute atomic E-state index is 12.6. The summed E-state index contributed by atoms with van der Waals surface area (Å²) in [4.78, 5) is 24.0. The molecule has 0 bridgehead atoms. The summed E-state index contributed by atoms with van der Waals surface area (Å²) >= 11 is 0. The van der Waals surface area contributed by atoms with Gasteiger partial charge in [-0.3, -0.25) is 9.69 Å². The van der Waals surface area contributed by atoms with Crippen LogP contribution in [0.3, 0.4) is 0 Å². The molecule has 1 aromatic carbocycles. The molecule has 0 saturated carbocycles. The van der Waals surface area contributed by atoms with Gasteiger partial charge in [-0.05, 0) is 74.3 Å². The van der Waals surface area contributed by atoms with Gasteiger partial charge >= 0.3 is 0 Å². The average Bonchev–Trinajstić information content (AvgIpc) is 2.81. The van der Waals surface area contributed by atoms with Crippen molar-refractivity contribution in [1.82, 2.24) is 14.9 Å². The Kier molecular flexibility index (Phi) is 6.97. The normalized spacial score (nSPS) is 16.4. The average molecular weight is 432 g/mol. The lowest BCUT2D eigenvalue weighted by Gasteiger charge is -2.32. The Hall–Kier alpha value is -3.45. The molecule has 3 aromatic rings. The molecule has 0 spiro atoms. The van der Waals surface area contributed by atoms with Gasteiger partial charge in [-0.15, -0.1) is 0 Å². The third-order valence-corrected chi connectivity index (χ3v) is 5.69. The van der Waals surface area contributed by atoms with Gasteiger partial charge in [0.15, 0.2) is 0 Å². The molecule has 7 heteroatoms. The Bertz CT molecular complexity index is 1050. The van der Waals surface area contributed by atoms with E-state index in [0.29, 0.717) is 12.5 Å². The van der Waals surface area contributed by atoms with Gasteiger partial charge in [-0.25, -0.2) is 9.97 Å². The molecule has 0 radical (unpaired) electrons. The van der Waals surface area contributed by atoms with Crippen LogP contribution < -0.4 is 15.4 Å². The van der Waals surface area contributed by atoms with Crippen molar-refractivity contribution in [3.05, 3.63) is 72.1 Å². The number of pyridine rings is 2. The molecule has 1 atom stereocenters. The van der Waals surface area contributed by atoms with Gasteiger partial charge in [0.2, 0.25) is 5.91 Å². The molecule has 2 aromatic heterocycles. The number of hydrogen-bond donors (Lipinski definition) is 2. The number of aromatic nitrogens is 2. The van der Waals surface area contributed by atoms with Gasteiger partial charge in [-0.2, -0.15) is 0 Å². The number of benzene rings is 1. The maximum atomic E-state index is 12.6. The third kappa shape index (κ3) is 5.62. The summed E-state index contributed by atoms with van der Waals surface area (Å²) in [6, 6.07) is 17.4. The molecule has 1 aliphatic heterocycles. The summed E-state index contributed by atoms with van der Waals surface area (Å²) in [5.74, 6) is 2.66. The van der Waals surface area contributed by atoms with Gasteiger partial charge < -0.3 is 15.4 Å². The second-order valence-electron chi connectivity index (χ2n) is 8.09. The Morgan fingerprint density at radius 2 is 2.00 bits per heavy atom. The molecule has 32 heavy (non-hydrogen) atoms. The number of amides is 1. The fourth-order valence-corrected chi connectivity index (χ4v) is 4.00. The Balaban J connectivity index is 1.36. The van der Waals surface area contributed by atoms with Crippen LogP contribution in [0, 0.1) is 6.92 Å². The molecule has 1 aliphatic rings. The second kappa shape index (κ2) is 10.2. The van der Waals surface area contributed by atoms with Crippen LogP contribution >= 0.6 is 0 Å². The highest BCUT2D eigenvalue weighted by molar-refractivity contribution is 5.92. The van der Waals surface area contributed by atoms with Crippen LogP contribution in [0.1, 0.15) is 30.0 Å². The highest BCUT2D eigenvalue weighted by Gasteiger charge is 2.24. The number of piperidine rings is 1. The van der Waals surface area contributed by atoms with Crippen LogP contribution in [0.25, 0.3) is 0 Å². The molecule has 3 heterocycles. The minimum Gasteiger partial charge on any atom is -0.497 e. The molecule has 0 unspecified atom stereocenters. The van der Waals surface area contributed by atoms with Crippen LogP contribution in [0.5, 0.6) is 5.75 Å². The number of ether oxygens (including phenoxy) is 1. The number of aryl methyl sites for hydroxylation is 1. The summed E-state index contributed by atoms with van der Waals surface area (Å²) < 4.78 is 5.16. The lowest BCUT2D eigenvalue weighted by atomic mass is 9.94. The molecule has 7 nitrogen and oxygen atoms in total. The van der Waals surface area contributed by atoms with E-state index in [0.717, 1.165) is 60.3 Å².